The summed E-state index contributed by atoms with van der Waals surface area (Å²) in [4.78, 5) is 24.2. The van der Waals surface area contributed by atoms with E-state index in [2.05, 4.69) is 22.6 Å². The highest BCUT2D eigenvalue weighted by Crippen LogP contribution is 2.18. The van der Waals surface area contributed by atoms with Gasteiger partial charge in [0.15, 0.2) is 0 Å². The average molecular weight is 452 g/mol. The van der Waals surface area contributed by atoms with Crippen LogP contribution in [0.25, 0.3) is 0 Å². The topological polar surface area (TPSA) is 61.8 Å². The fourth-order valence-electron chi connectivity index (χ4n) is 2.48. The molecule has 0 aromatic heterocycles. The van der Waals surface area contributed by atoms with Crippen molar-refractivity contribution in [3.8, 4) is 5.75 Å². The number of rotatable bonds is 5. The molecule has 25 heavy (non-hydrogen) atoms. The molecule has 2 aromatic rings. The van der Waals surface area contributed by atoms with Gasteiger partial charge in [0.25, 0.3) is 0 Å². The number of hydrogen-bond donors (Lipinski definition) is 0. The number of benzene rings is 2. The van der Waals surface area contributed by atoms with Crippen molar-refractivity contribution < 1.29 is 23.8 Å². The summed E-state index contributed by atoms with van der Waals surface area (Å²) in [6.07, 6.45) is 1.92. The molecular formula is C19H17IO5. The number of carbonyl (C=O) groups excluding carboxylic acids is 2. The van der Waals surface area contributed by atoms with Crippen molar-refractivity contribution in [1.82, 2.24) is 0 Å². The minimum Gasteiger partial charge on any atom is -0.459 e. The lowest BCUT2D eigenvalue weighted by molar-refractivity contribution is 0.0161. The number of esters is 2. The van der Waals surface area contributed by atoms with Crippen LogP contribution in [-0.4, -0.2) is 31.3 Å². The van der Waals surface area contributed by atoms with Crippen LogP contribution in [0, 0.1) is 3.57 Å². The minimum atomic E-state index is -0.432. The number of halogens is 1. The highest BCUT2D eigenvalue weighted by Gasteiger charge is 2.18. The maximum absolute atomic E-state index is 12.2. The van der Waals surface area contributed by atoms with Gasteiger partial charge >= 0.3 is 11.9 Å². The Morgan fingerprint density at radius 3 is 2.52 bits per heavy atom. The lowest BCUT2D eigenvalue weighted by atomic mass is 10.2. The normalized spacial score (nSPS) is 16.4. The van der Waals surface area contributed by atoms with Crippen molar-refractivity contribution in [2.24, 2.45) is 0 Å². The summed E-state index contributed by atoms with van der Waals surface area (Å²) < 4.78 is 16.8. The molecule has 1 atom stereocenters. The van der Waals surface area contributed by atoms with Crippen molar-refractivity contribution in [1.29, 1.82) is 0 Å². The molecule has 6 heteroatoms. The first kappa shape index (κ1) is 17.9. The summed E-state index contributed by atoms with van der Waals surface area (Å²) in [7, 11) is 0. The van der Waals surface area contributed by atoms with Crippen LogP contribution >= 0.6 is 22.6 Å². The van der Waals surface area contributed by atoms with Crippen LogP contribution in [0.4, 0.5) is 0 Å². The molecule has 0 radical (unpaired) electrons. The molecule has 0 aliphatic carbocycles. The Labute approximate surface area is 159 Å². The van der Waals surface area contributed by atoms with Crippen LogP contribution in [0.1, 0.15) is 33.6 Å². The zero-order valence-corrected chi connectivity index (χ0v) is 15.6. The van der Waals surface area contributed by atoms with Crippen molar-refractivity contribution in [3.05, 3.63) is 63.2 Å². The van der Waals surface area contributed by atoms with Crippen molar-refractivity contribution in [2.45, 2.75) is 18.9 Å². The molecule has 0 amide bonds. The quantitative estimate of drug-likeness (QED) is 0.392. The third kappa shape index (κ3) is 4.79. The molecule has 0 bridgehead atoms. The van der Waals surface area contributed by atoms with Crippen LogP contribution in [0.15, 0.2) is 48.5 Å². The standard InChI is InChI=1S/C19H17IO5/c20-17-6-2-1-5-16(17)19(22)25-14-9-7-13(8-10-14)18(21)24-12-15-4-3-11-23-15/h1-2,5-10,15H,3-4,11-12H2. The molecule has 1 aliphatic rings. The molecule has 1 saturated heterocycles. The first-order chi connectivity index (χ1) is 12.1. The summed E-state index contributed by atoms with van der Waals surface area (Å²) in [6, 6.07) is 13.5. The smallest absolute Gasteiger partial charge is 0.344 e. The van der Waals surface area contributed by atoms with Gasteiger partial charge in [0.1, 0.15) is 12.4 Å². The average Bonchev–Trinajstić information content (AvgIpc) is 3.14. The highest BCUT2D eigenvalue weighted by atomic mass is 127. The Bertz CT molecular complexity index is 751. The van der Waals surface area contributed by atoms with E-state index in [1.54, 1.807) is 36.4 Å². The number of carbonyl (C=O) groups is 2. The van der Waals surface area contributed by atoms with E-state index in [1.807, 2.05) is 12.1 Å². The highest BCUT2D eigenvalue weighted by molar-refractivity contribution is 14.1. The Morgan fingerprint density at radius 1 is 1.08 bits per heavy atom. The first-order valence-electron chi connectivity index (χ1n) is 7.99. The first-order valence-corrected chi connectivity index (χ1v) is 9.07. The SMILES string of the molecule is O=C(OCC1CCCO1)c1ccc(OC(=O)c2ccccc2I)cc1. The van der Waals surface area contributed by atoms with E-state index in [0.29, 0.717) is 16.9 Å². The molecule has 1 heterocycles. The van der Waals surface area contributed by atoms with Crippen LogP contribution in [0.5, 0.6) is 5.75 Å². The Balaban J connectivity index is 1.57. The van der Waals surface area contributed by atoms with Gasteiger partial charge in [0.05, 0.1) is 17.2 Å². The van der Waals surface area contributed by atoms with E-state index < -0.39 is 11.9 Å². The Morgan fingerprint density at radius 2 is 1.84 bits per heavy atom. The summed E-state index contributed by atoms with van der Waals surface area (Å²) in [5, 5.41) is 0. The van der Waals surface area contributed by atoms with E-state index in [1.165, 1.54) is 0 Å². The molecular weight excluding hydrogens is 435 g/mol. The van der Waals surface area contributed by atoms with Gasteiger partial charge in [-0.05, 0) is 71.8 Å². The zero-order chi connectivity index (χ0) is 17.6. The predicted molar refractivity (Wildman–Crippen MR) is 99.8 cm³/mol. The molecule has 1 fully saturated rings. The molecule has 5 nitrogen and oxygen atoms in total. The van der Waals surface area contributed by atoms with Gasteiger partial charge in [0, 0.05) is 10.2 Å². The Kier molecular flexibility index (Phi) is 6.04. The van der Waals surface area contributed by atoms with Crippen LogP contribution in [0.3, 0.4) is 0 Å². The second kappa shape index (κ2) is 8.44. The Hall–Kier alpha value is -1.93. The van der Waals surface area contributed by atoms with Gasteiger partial charge in [-0.2, -0.15) is 0 Å². The molecule has 2 aromatic carbocycles. The molecule has 3 rings (SSSR count). The van der Waals surface area contributed by atoms with Crippen LogP contribution in [-0.2, 0) is 9.47 Å². The van der Waals surface area contributed by atoms with E-state index >= 15 is 0 Å². The monoisotopic (exact) mass is 452 g/mol. The van der Waals surface area contributed by atoms with E-state index in [4.69, 9.17) is 14.2 Å². The van der Waals surface area contributed by atoms with Gasteiger partial charge < -0.3 is 14.2 Å². The second-order valence-corrected chi connectivity index (χ2v) is 6.79. The summed E-state index contributed by atoms with van der Waals surface area (Å²) in [6.45, 7) is 0.991. The van der Waals surface area contributed by atoms with E-state index in [0.717, 1.165) is 23.0 Å². The number of hydrogen-bond acceptors (Lipinski definition) is 5. The lowest BCUT2D eigenvalue weighted by Gasteiger charge is -2.10. The zero-order valence-electron chi connectivity index (χ0n) is 13.4. The summed E-state index contributed by atoms with van der Waals surface area (Å²) in [5.74, 6) is -0.468. The third-order valence-corrected chi connectivity index (χ3v) is 4.76. The molecule has 1 unspecified atom stereocenters. The molecule has 0 spiro atoms. The molecule has 1 aliphatic heterocycles. The van der Waals surface area contributed by atoms with Crippen molar-refractivity contribution >= 4 is 34.5 Å². The summed E-state index contributed by atoms with van der Waals surface area (Å²) >= 11 is 2.08. The van der Waals surface area contributed by atoms with Crippen molar-refractivity contribution in [2.75, 3.05) is 13.2 Å². The predicted octanol–water partition coefficient (Wildman–Crippen LogP) is 3.85. The maximum atomic E-state index is 12.2. The fraction of sp³-hybridized carbons (Fsp3) is 0.263. The molecule has 0 N–H and O–H groups in total. The minimum absolute atomic E-state index is 0.00229. The largest absolute Gasteiger partial charge is 0.459 e. The van der Waals surface area contributed by atoms with E-state index in [-0.39, 0.29) is 12.7 Å². The third-order valence-electron chi connectivity index (χ3n) is 3.82. The maximum Gasteiger partial charge on any atom is 0.344 e. The number of ether oxygens (including phenoxy) is 3. The summed E-state index contributed by atoms with van der Waals surface area (Å²) in [5.41, 5.74) is 0.912. The van der Waals surface area contributed by atoms with Gasteiger partial charge in [-0.3, -0.25) is 0 Å². The van der Waals surface area contributed by atoms with Gasteiger partial charge in [-0.25, -0.2) is 9.59 Å². The van der Waals surface area contributed by atoms with Gasteiger partial charge in [-0.1, -0.05) is 12.1 Å². The second-order valence-electron chi connectivity index (χ2n) is 5.63. The fourth-order valence-corrected chi connectivity index (χ4v) is 3.08. The van der Waals surface area contributed by atoms with Gasteiger partial charge in [-0.15, -0.1) is 0 Å². The van der Waals surface area contributed by atoms with Crippen LogP contribution < -0.4 is 4.74 Å². The molecule has 0 saturated carbocycles. The van der Waals surface area contributed by atoms with E-state index in [9.17, 15) is 9.59 Å². The lowest BCUT2D eigenvalue weighted by Crippen LogP contribution is -2.17. The van der Waals surface area contributed by atoms with Crippen LogP contribution in [0.2, 0.25) is 0 Å². The molecule has 130 valence electrons. The van der Waals surface area contributed by atoms with Crippen molar-refractivity contribution in [3.63, 3.8) is 0 Å². The van der Waals surface area contributed by atoms with Gasteiger partial charge in [0.2, 0.25) is 0 Å².